The zero-order chi connectivity index (χ0) is 13.6. The van der Waals surface area contributed by atoms with Gasteiger partial charge in [0.25, 0.3) is 0 Å². The number of primary sulfonamides is 1. The van der Waals surface area contributed by atoms with E-state index >= 15 is 0 Å². The standard InChI is InChI=1S/C10H8F3NO2S2/c11-10(12,13)9(18(14,15)16)7-5-17-8-4-2-1-3-6(7)8/h1-5,9H,(H2,14,15,16). The normalized spacial score (nSPS) is 14.9. The lowest BCUT2D eigenvalue weighted by molar-refractivity contribution is -0.131. The van der Waals surface area contributed by atoms with Crippen molar-refractivity contribution in [2.45, 2.75) is 11.4 Å². The lowest BCUT2D eigenvalue weighted by Crippen LogP contribution is -2.33. The highest BCUT2D eigenvalue weighted by Crippen LogP contribution is 2.42. The molecule has 2 rings (SSSR count). The molecule has 0 fully saturated rings. The SMILES string of the molecule is NS(=O)(=O)C(c1csc2ccccc12)C(F)(F)F. The van der Waals surface area contributed by atoms with E-state index in [1.54, 1.807) is 18.2 Å². The van der Waals surface area contributed by atoms with Gasteiger partial charge < -0.3 is 0 Å². The van der Waals surface area contributed by atoms with Crippen LogP contribution in [-0.4, -0.2) is 14.6 Å². The second kappa shape index (κ2) is 4.22. The van der Waals surface area contributed by atoms with Gasteiger partial charge in [-0.1, -0.05) is 18.2 Å². The third-order valence-corrected chi connectivity index (χ3v) is 4.58. The first-order valence-electron chi connectivity index (χ1n) is 4.75. The summed E-state index contributed by atoms with van der Waals surface area (Å²) in [5.41, 5.74) is -0.314. The van der Waals surface area contributed by atoms with Gasteiger partial charge in [0.05, 0.1) is 0 Å². The van der Waals surface area contributed by atoms with E-state index in [4.69, 9.17) is 5.14 Å². The molecule has 1 heterocycles. The Bertz CT molecular complexity index is 676. The Morgan fingerprint density at radius 3 is 2.39 bits per heavy atom. The van der Waals surface area contributed by atoms with Crippen molar-refractivity contribution < 1.29 is 21.6 Å². The Balaban J connectivity index is 2.71. The molecular formula is C10H8F3NO2S2. The summed E-state index contributed by atoms with van der Waals surface area (Å²) < 4.78 is 61.5. The molecule has 0 saturated carbocycles. The zero-order valence-corrected chi connectivity index (χ0v) is 10.4. The maximum absolute atomic E-state index is 12.9. The summed E-state index contributed by atoms with van der Waals surface area (Å²) in [6.07, 6.45) is -4.93. The summed E-state index contributed by atoms with van der Waals surface area (Å²) in [7, 11) is -4.76. The van der Waals surface area contributed by atoms with Gasteiger partial charge in [-0.05, 0) is 22.4 Å². The van der Waals surface area contributed by atoms with Crippen LogP contribution in [0.15, 0.2) is 29.6 Å². The third-order valence-electron chi connectivity index (χ3n) is 2.42. The first-order chi connectivity index (χ1) is 8.21. The first-order valence-corrected chi connectivity index (χ1v) is 7.24. The maximum atomic E-state index is 12.9. The van der Waals surface area contributed by atoms with Crippen LogP contribution in [0.25, 0.3) is 10.1 Å². The number of hydrogen-bond donors (Lipinski definition) is 1. The van der Waals surface area contributed by atoms with Crippen LogP contribution >= 0.6 is 11.3 Å². The molecule has 0 aliphatic carbocycles. The van der Waals surface area contributed by atoms with E-state index in [1.807, 2.05) is 0 Å². The lowest BCUT2D eigenvalue weighted by Gasteiger charge is -2.17. The summed E-state index contributed by atoms with van der Waals surface area (Å²) in [6.45, 7) is 0. The molecule has 3 nitrogen and oxygen atoms in total. The average Bonchev–Trinajstić information content (AvgIpc) is 2.58. The highest BCUT2D eigenvalue weighted by Gasteiger charge is 2.49. The molecule has 0 bridgehead atoms. The number of halogens is 3. The van der Waals surface area contributed by atoms with Crippen molar-refractivity contribution >= 4 is 31.4 Å². The molecule has 0 aliphatic heterocycles. The fourth-order valence-corrected chi connectivity index (χ4v) is 3.74. The Morgan fingerprint density at radius 2 is 1.83 bits per heavy atom. The van der Waals surface area contributed by atoms with Crippen molar-refractivity contribution in [1.29, 1.82) is 0 Å². The average molecular weight is 295 g/mol. The molecule has 0 saturated heterocycles. The van der Waals surface area contributed by atoms with Gasteiger partial charge in [-0.2, -0.15) is 13.2 Å². The predicted molar refractivity (Wildman–Crippen MR) is 63.7 cm³/mol. The van der Waals surface area contributed by atoms with Crippen molar-refractivity contribution in [3.8, 4) is 0 Å². The van der Waals surface area contributed by atoms with Crippen LogP contribution in [-0.2, 0) is 10.0 Å². The van der Waals surface area contributed by atoms with Crippen molar-refractivity contribution in [3.63, 3.8) is 0 Å². The molecule has 0 aliphatic rings. The second-order valence-corrected chi connectivity index (χ2v) is 6.26. The molecule has 2 N–H and O–H groups in total. The minimum Gasteiger partial charge on any atom is -0.228 e. The number of hydrogen-bond acceptors (Lipinski definition) is 3. The van der Waals surface area contributed by atoms with Gasteiger partial charge in [-0.15, -0.1) is 11.3 Å². The highest BCUT2D eigenvalue weighted by atomic mass is 32.2. The zero-order valence-electron chi connectivity index (χ0n) is 8.81. The van der Waals surface area contributed by atoms with Crippen LogP contribution in [0.1, 0.15) is 10.8 Å². The Kier molecular flexibility index (Phi) is 3.12. The number of nitrogens with two attached hydrogens (primary N) is 1. The van der Waals surface area contributed by atoms with Crippen LogP contribution in [0.4, 0.5) is 13.2 Å². The Labute approximate surface area is 105 Å². The highest BCUT2D eigenvalue weighted by molar-refractivity contribution is 7.89. The minimum absolute atomic E-state index is 0.263. The molecule has 0 radical (unpaired) electrons. The fraction of sp³-hybridized carbons (Fsp3) is 0.200. The van der Waals surface area contributed by atoms with Gasteiger partial charge in [0.15, 0.2) is 5.25 Å². The van der Waals surface area contributed by atoms with E-state index in [9.17, 15) is 21.6 Å². The van der Waals surface area contributed by atoms with Crippen LogP contribution in [0.3, 0.4) is 0 Å². The van der Waals surface area contributed by atoms with E-state index < -0.39 is 21.4 Å². The van der Waals surface area contributed by atoms with Gasteiger partial charge in [0.2, 0.25) is 10.0 Å². The summed E-state index contributed by atoms with van der Waals surface area (Å²) in [4.78, 5) is 0. The molecule has 98 valence electrons. The van der Waals surface area contributed by atoms with Gasteiger partial charge >= 0.3 is 6.18 Å². The molecule has 0 spiro atoms. The van der Waals surface area contributed by atoms with E-state index in [1.165, 1.54) is 11.4 Å². The molecule has 8 heteroatoms. The van der Waals surface area contributed by atoms with Crippen LogP contribution in [0.5, 0.6) is 0 Å². The van der Waals surface area contributed by atoms with Gasteiger partial charge in [-0.25, -0.2) is 13.6 Å². The number of fused-ring (bicyclic) bond motifs is 1. The summed E-state index contributed by atoms with van der Waals surface area (Å²) >= 11 is 1.05. The number of thiophene rings is 1. The topological polar surface area (TPSA) is 60.2 Å². The summed E-state index contributed by atoms with van der Waals surface area (Å²) in [5.74, 6) is 0. The lowest BCUT2D eigenvalue weighted by atomic mass is 10.1. The molecular weight excluding hydrogens is 287 g/mol. The van der Waals surface area contributed by atoms with Crippen molar-refractivity contribution in [2.24, 2.45) is 5.14 Å². The largest absolute Gasteiger partial charge is 0.410 e. The van der Waals surface area contributed by atoms with Crippen molar-refractivity contribution in [1.82, 2.24) is 0 Å². The molecule has 1 atom stereocenters. The van der Waals surface area contributed by atoms with Gasteiger partial charge in [-0.3, -0.25) is 0 Å². The Hall–Kier alpha value is -1.12. The van der Waals surface area contributed by atoms with Crippen molar-refractivity contribution in [2.75, 3.05) is 0 Å². The number of sulfonamides is 1. The monoisotopic (exact) mass is 295 g/mol. The maximum Gasteiger partial charge on any atom is 0.410 e. The minimum atomic E-state index is -4.93. The van der Waals surface area contributed by atoms with Gasteiger partial charge in [0, 0.05) is 4.70 Å². The molecule has 18 heavy (non-hydrogen) atoms. The van der Waals surface area contributed by atoms with E-state index in [0.29, 0.717) is 4.70 Å². The first kappa shape index (κ1) is 13.3. The summed E-state index contributed by atoms with van der Waals surface area (Å²) in [5, 5.41) is 3.48. The third kappa shape index (κ3) is 2.36. The van der Waals surface area contributed by atoms with Gasteiger partial charge in [0.1, 0.15) is 0 Å². The van der Waals surface area contributed by atoms with Crippen LogP contribution in [0.2, 0.25) is 0 Å². The molecule has 0 amide bonds. The van der Waals surface area contributed by atoms with E-state index in [-0.39, 0.29) is 10.9 Å². The quantitative estimate of drug-likeness (QED) is 0.926. The van der Waals surface area contributed by atoms with E-state index in [2.05, 4.69) is 0 Å². The predicted octanol–water partition coefficient (Wildman–Crippen LogP) is 2.79. The van der Waals surface area contributed by atoms with Crippen LogP contribution < -0.4 is 5.14 Å². The smallest absolute Gasteiger partial charge is 0.228 e. The number of rotatable bonds is 2. The number of alkyl halides is 3. The van der Waals surface area contributed by atoms with E-state index in [0.717, 1.165) is 11.3 Å². The summed E-state index contributed by atoms with van der Waals surface area (Å²) in [6, 6.07) is 6.29. The fourth-order valence-electron chi connectivity index (χ4n) is 1.74. The Morgan fingerprint density at radius 1 is 1.22 bits per heavy atom. The number of benzene rings is 1. The van der Waals surface area contributed by atoms with Crippen molar-refractivity contribution in [3.05, 3.63) is 35.2 Å². The molecule has 2 aromatic rings. The molecule has 1 unspecified atom stereocenters. The second-order valence-electron chi connectivity index (χ2n) is 3.70. The molecule has 1 aromatic heterocycles. The molecule has 1 aromatic carbocycles. The van der Waals surface area contributed by atoms with Crippen LogP contribution in [0, 0.1) is 0 Å².